The normalized spacial score (nSPS) is 14.9. The molecule has 4 rings (SSSR count). The monoisotopic (exact) mass is 492 g/mol. The third-order valence-corrected chi connectivity index (χ3v) is 7.98. The van der Waals surface area contributed by atoms with E-state index in [1.807, 2.05) is 0 Å². The second kappa shape index (κ2) is 9.99. The van der Waals surface area contributed by atoms with Gasteiger partial charge in [-0.05, 0) is 65.7 Å². The minimum absolute atomic E-state index is 0.0526. The minimum Gasteiger partial charge on any atom is -0.325 e. The molecule has 9 nitrogen and oxygen atoms in total. The summed E-state index contributed by atoms with van der Waals surface area (Å²) in [6, 6.07) is 13.3. The van der Waals surface area contributed by atoms with Gasteiger partial charge in [0.1, 0.15) is 0 Å². The lowest BCUT2D eigenvalue weighted by Gasteiger charge is -2.26. The first-order valence-electron chi connectivity index (χ1n) is 10.0. The molecule has 2 heterocycles. The molecule has 1 N–H and O–H groups in total. The van der Waals surface area contributed by atoms with E-state index < -0.39 is 10.0 Å². The summed E-state index contributed by atoms with van der Waals surface area (Å²) in [7, 11) is -3.57. The Bertz CT molecular complexity index is 1190. The van der Waals surface area contributed by atoms with Gasteiger partial charge in [-0.25, -0.2) is 8.42 Å². The number of hydrogen-bond donors (Lipinski definition) is 1. The molecule has 1 saturated heterocycles. The zero-order valence-corrected chi connectivity index (χ0v) is 19.4. The summed E-state index contributed by atoms with van der Waals surface area (Å²) in [4.78, 5) is 12.7. The fourth-order valence-corrected chi connectivity index (χ4v) is 5.71. The number of benzene rings is 2. The third kappa shape index (κ3) is 5.29. The van der Waals surface area contributed by atoms with E-state index in [1.54, 1.807) is 42.5 Å². The van der Waals surface area contributed by atoms with Crippen molar-refractivity contribution in [2.24, 2.45) is 0 Å². The second-order valence-corrected chi connectivity index (χ2v) is 10.5. The number of piperidine rings is 1. The van der Waals surface area contributed by atoms with E-state index >= 15 is 0 Å². The topological polar surface area (TPSA) is 110 Å². The first-order valence-corrected chi connectivity index (χ1v) is 12.8. The van der Waals surface area contributed by atoms with E-state index in [1.165, 1.54) is 26.8 Å². The maximum absolute atomic E-state index is 12.9. The molecule has 168 valence electrons. The van der Waals surface area contributed by atoms with Gasteiger partial charge in [0, 0.05) is 23.8 Å². The number of halogens is 1. The molecule has 1 amide bonds. The predicted octanol–water partition coefficient (Wildman–Crippen LogP) is 3.22. The lowest BCUT2D eigenvalue weighted by Crippen LogP contribution is -2.35. The molecule has 0 saturated carbocycles. The molecular weight excluding hydrogens is 472 g/mol. The maximum Gasteiger partial charge on any atom is 0.243 e. The Morgan fingerprint density at radius 3 is 2.59 bits per heavy atom. The second-order valence-electron chi connectivity index (χ2n) is 7.18. The molecule has 32 heavy (non-hydrogen) atoms. The number of sulfonamides is 1. The quantitative estimate of drug-likeness (QED) is 0.504. The molecule has 12 heteroatoms. The van der Waals surface area contributed by atoms with Crippen LogP contribution in [0.3, 0.4) is 0 Å². The Kier molecular flexibility index (Phi) is 7.09. The molecule has 0 bridgehead atoms. The lowest BCUT2D eigenvalue weighted by atomic mass is 10.2. The summed E-state index contributed by atoms with van der Waals surface area (Å²) in [5.74, 6) is -0.245. The molecule has 0 unspecified atom stereocenters. The van der Waals surface area contributed by atoms with Gasteiger partial charge < -0.3 is 5.32 Å². The van der Waals surface area contributed by atoms with E-state index in [9.17, 15) is 13.2 Å². The van der Waals surface area contributed by atoms with Gasteiger partial charge in [-0.3, -0.25) is 4.79 Å². The van der Waals surface area contributed by atoms with Crippen molar-refractivity contribution in [2.45, 2.75) is 29.3 Å². The Labute approximate surface area is 195 Å². The molecule has 2 aromatic carbocycles. The fourth-order valence-electron chi connectivity index (χ4n) is 3.33. The van der Waals surface area contributed by atoms with Crippen LogP contribution in [0.25, 0.3) is 5.69 Å². The number of tetrazole rings is 1. The van der Waals surface area contributed by atoms with Crippen molar-refractivity contribution < 1.29 is 13.2 Å². The van der Waals surface area contributed by atoms with E-state index in [0.29, 0.717) is 29.0 Å². The number of nitrogens with one attached hydrogen (secondary N) is 1. The zero-order chi connectivity index (χ0) is 22.6. The Morgan fingerprint density at radius 1 is 1.09 bits per heavy atom. The van der Waals surface area contributed by atoms with E-state index in [0.717, 1.165) is 24.9 Å². The van der Waals surface area contributed by atoms with Gasteiger partial charge in [-0.1, -0.05) is 35.9 Å². The molecule has 0 aliphatic carbocycles. The molecule has 3 aromatic rings. The van der Waals surface area contributed by atoms with Crippen LogP contribution in [0.15, 0.2) is 58.6 Å². The number of thioether (sulfide) groups is 1. The number of anilines is 1. The largest absolute Gasteiger partial charge is 0.325 e. The van der Waals surface area contributed by atoms with Gasteiger partial charge in [0.25, 0.3) is 0 Å². The summed E-state index contributed by atoms with van der Waals surface area (Å²) >= 11 is 7.08. The van der Waals surface area contributed by atoms with Crippen molar-refractivity contribution >= 4 is 45.0 Å². The van der Waals surface area contributed by atoms with Crippen molar-refractivity contribution in [3.8, 4) is 5.69 Å². The van der Waals surface area contributed by atoms with E-state index in [-0.39, 0.29) is 16.6 Å². The number of hydrogen-bond acceptors (Lipinski definition) is 7. The van der Waals surface area contributed by atoms with Crippen LogP contribution < -0.4 is 5.32 Å². The van der Waals surface area contributed by atoms with E-state index in [4.69, 9.17) is 11.6 Å². The summed E-state index contributed by atoms with van der Waals surface area (Å²) in [6.07, 6.45) is 2.77. The van der Waals surface area contributed by atoms with Crippen LogP contribution in [0.5, 0.6) is 0 Å². The molecule has 1 aliphatic heterocycles. The van der Waals surface area contributed by atoms with E-state index in [2.05, 4.69) is 20.8 Å². The molecule has 1 aliphatic rings. The average molecular weight is 493 g/mol. The highest BCUT2D eigenvalue weighted by Gasteiger charge is 2.26. The van der Waals surface area contributed by atoms with Crippen molar-refractivity contribution in [2.75, 3.05) is 24.2 Å². The highest BCUT2D eigenvalue weighted by atomic mass is 35.5. The van der Waals surface area contributed by atoms with Crippen LogP contribution in [0.2, 0.25) is 5.02 Å². The number of nitrogens with zero attached hydrogens (tertiary/aromatic N) is 5. The molecule has 1 aromatic heterocycles. The highest BCUT2D eigenvalue weighted by Crippen LogP contribution is 2.24. The predicted molar refractivity (Wildman–Crippen MR) is 123 cm³/mol. The Balaban J connectivity index is 1.40. The van der Waals surface area contributed by atoms with Crippen LogP contribution in [0.4, 0.5) is 5.69 Å². The van der Waals surface area contributed by atoms with Crippen molar-refractivity contribution in [3.63, 3.8) is 0 Å². The van der Waals surface area contributed by atoms with Gasteiger partial charge in [0.05, 0.1) is 16.3 Å². The van der Waals surface area contributed by atoms with Crippen LogP contribution in [0.1, 0.15) is 19.3 Å². The Hall–Kier alpha value is -2.47. The smallest absolute Gasteiger partial charge is 0.243 e. The average Bonchev–Trinajstić information content (AvgIpc) is 3.28. The van der Waals surface area contributed by atoms with Crippen LogP contribution >= 0.6 is 23.4 Å². The molecular formula is C20H21ClN6O3S2. The molecule has 0 radical (unpaired) electrons. The summed E-state index contributed by atoms with van der Waals surface area (Å²) in [5, 5.41) is 15.4. The number of rotatable bonds is 7. The van der Waals surface area contributed by atoms with Gasteiger partial charge in [-0.2, -0.15) is 8.99 Å². The minimum atomic E-state index is -3.57. The van der Waals surface area contributed by atoms with Gasteiger partial charge in [0.15, 0.2) is 0 Å². The first kappa shape index (κ1) is 22.7. The van der Waals surface area contributed by atoms with Crippen LogP contribution in [0, 0.1) is 0 Å². The summed E-state index contributed by atoms with van der Waals surface area (Å²) in [5.41, 5.74) is 1.14. The standard InChI is InChI=1S/C20H21ClN6O3S2/c21-15-7-9-17(10-8-15)27-20(23-24-25-27)31-14-19(28)22-16-5-4-6-18(13-16)32(29,30)26-11-2-1-3-12-26/h4-10,13H,1-3,11-12,14H2,(H,22,28). The SMILES string of the molecule is O=C(CSc1nnnn1-c1ccc(Cl)cc1)Nc1cccc(S(=O)(=O)N2CCCCC2)c1. The van der Waals surface area contributed by atoms with Gasteiger partial charge >= 0.3 is 0 Å². The zero-order valence-electron chi connectivity index (χ0n) is 17.0. The van der Waals surface area contributed by atoms with Crippen molar-refractivity contribution in [3.05, 3.63) is 53.6 Å². The first-order chi connectivity index (χ1) is 15.4. The third-order valence-electron chi connectivity index (χ3n) is 4.92. The number of carbonyl (C=O) groups is 1. The Morgan fingerprint density at radius 2 is 1.84 bits per heavy atom. The lowest BCUT2D eigenvalue weighted by molar-refractivity contribution is -0.113. The number of aromatic nitrogens is 4. The fraction of sp³-hybridized carbons (Fsp3) is 0.300. The molecule has 0 atom stereocenters. The highest BCUT2D eigenvalue weighted by molar-refractivity contribution is 7.99. The summed E-state index contributed by atoms with van der Waals surface area (Å²) < 4.78 is 28.8. The molecule has 1 fully saturated rings. The molecule has 0 spiro atoms. The maximum atomic E-state index is 12.9. The van der Waals surface area contributed by atoms with Crippen molar-refractivity contribution in [1.29, 1.82) is 0 Å². The summed E-state index contributed by atoms with van der Waals surface area (Å²) in [6.45, 7) is 1.05. The van der Waals surface area contributed by atoms with Crippen LogP contribution in [-0.4, -0.2) is 57.7 Å². The van der Waals surface area contributed by atoms with Crippen molar-refractivity contribution in [1.82, 2.24) is 24.5 Å². The van der Waals surface area contributed by atoms with Gasteiger partial charge in [-0.15, -0.1) is 5.10 Å². The van der Waals surface area contributed by atoms with Crippen LogP contribution in [-0.2, 0) is 14.8 Å². The van der Waals surface area contributed by atoms with Gasteiger partial charge in [0.2, 0.25) is 21.1 Å². The number of amides is 1. The number of carbonyl (C=O) groups excluding carboxylic acids is 1.